The fourth-order valence-electron chi connectivity index (χ4n) is 2.74. The van der Waals surface area contributed by atoms with Crippen LogP contribution in [0.25, 0.3) is 0 Å². The molecule has 1 aromatic carbocycles. The predicted molar refractivity (Wildman–Crippen MR) is 84.0 cm³/mol. The molecule has 1 N–H and O–H groups in total. The summed E-state index contributed by atoms with van der Waals surface area (Å²) < 4.78 is 0. The van der Waals surface area contributed by atoms with E-state index in [2.05, 4.69) is 27.0 Å². The van der Waals surface area contributed by atoms with Gasteiger partial charge in [-0.25, -0.2) is 4.98 Å². The van der Waals surface area contributed by atoms with Crippen molar-refractivity contribution in [1.29, 1.82) is 0 Å². The molecule has 0 radical (unpaired) electrons. The van der Waals surface area contributed by atoms with Crippen LogP contribution in [0.4, 0.5) is 5.69 Å². The first kappa shape index (κ1) is 14.3. The molecule has 0 saturated carbocycles. The zero-order valence-corrected chi connectivity index (χ0v) is 12.4. The number of piperazine rings is 1. The topological polar surface area (TPSA) is 69.3 Å². The van der Waals surface area contributed by atoms with Crippen molar-refractivity contribution in [2.75, 3.05) is 24.5 Å². The molecule has 1 atom stereocenters. The SMILES string of the molecule is C[C@@H]1CN(c2ccccc2)CCN1C(=O)c1c[nH]c(=O)cn1. The molecule has 1 fully saturated rings. The zero-order chi connectivity index (χ0) is 15.5. The summed E-state index contributed by atoms with van der Waals surface area (Å²) >= 11 is 0. The largest absolute Gasteiger partial charge is 0.368 e. The molecule has 6 nitrogen and oxygen atoms in total. The number of aromatic amines is 1. The zero-order valence-electron chi connectivity index (χ0n) is 12.4. The Morgan fingerprint density at radius 3 is 2.68 bits per heavy atom. The molecular weight excluding hydrogens is 280 g/mol. The molecule has 1 amide bonds. The van der Waals surface area contributed by atoms with E-state index in [0.29, 0.717) is 6.54 Å². The van der Waals surface area contributed by atoms with E-state index in [4.69, 9.17) is 0 Å². The van der Waals surface area contributed by atoms with Gasteiger partial charge in [0.15, 0.2) is 0 Å². The number of aromatic nitrogens is 2. The number of para-hydroxylation sites is 1. The van der Waals surface area contributed by atoms with Gasteiger partial charge in [0.2, 0.25) is 0 Å². The molecular formula is C16H18N4O2. The van der Waals surface area contributed by atoms with Crippen molar-refractivity contribution in [3.05, 3.63) is 58.8 Å². The minimum Gasteiger partial charge on any atom is -0.368 e. The van der Waals surface area contributed by atoms with E-state index in [1.807, 2.05) is 25.1 Å². The molecule has 114 valence electrons. The number of hydrogen-bond donors (Lipinski definition) is 1. The highest BCUT2D eigenvalue weighted by atomic mass is 16.2. The molecule has 3 rings (SSSR count). The first-order valence-electron chi connectivity index (χ1n) is 7.31. The summed E-state index contributed by atoms with van der Waals surface area (Å²) in [5.74, 6) is -0.142. The van der Waals surface area contributed by atoms with Crippen LogP contribution in [0, 0.1) is 0 Å². The van der Waals surface area contributed by atoms with Gasteiger partial charge in [0.1, 0.15) is 5.69 Å². The second-order valence-corrected chi connectivity index (χ2v) is 5.43. The Morgan fingerprint density at radius 2 is 2.05 bits per heavy atom. The summed E-state index contributed by atoms with van der Waals surface area (Å²) in [6, 6.07) is 10.3. The number of anilines is 1. The van der Waals surface area contributed by atoms with Crippen molar-refractivity contribution >= 4 is 11.6 Å². The Hall–Kier alpha value is -2.63. The number of H-pyrrole nitrogens is 1. The number of nitrogens with one attached hydrogen (secondary N) is 1. The van der Waals surface area contributed by atoms with Crippen LogP contribution in [0.15, 0.2) is 47.5 Å². The summed E-state index contributed by atoms with van der Waals surface area (Å²) in [6.07, 6.45) is 2.51. The van der Waals surface area contributed by atoms with E-state index in [-0.39, 0.29) is 23.2 Å². The third-order valence-electron chi connectivity index (χ3n) is 3.90. The molecule has 2 heterocycles. The lowest BCUT2D eigenvalue weighted by Crippen LogP contribution is -2.54. The number of hydrogen-bond acceptors (Lipinski definition) is 4. The molecule has 6 heteroatoms. The molecule has 22 heavy (non-hydrogen) atoms. The smallest absolute Gasteiger partial charge is 0.274 e. The molecule has 1 saturated heterocycles. The minimum atomic E-state index is -0.307. The molecule has 0 aliphatic carbocycles. The van der Waals surface area contributed by atoms with E-state index in [1.165, 1.54) is 11.9 Å². The average Bonchev–Trinajstić information content (AvgIpc) is 2.56. The maximum atomic E-state index is 12.5. The lowest BCUT2D eigenvalue weighted by molar-refractivity contribution is 0.0667. The van der Waals surface area contributed by atoms with Gasteiger partial charge >= 0.3 is 0 Å². The first-order valence-corrected chi connectivity index (χ1v) is 7.31. The van der Waals surface area contributed by atoms with Crippen molar-refractivity contribution in [2.45, 2.75) is 13.0 Å². The average molecular weight is 298 g/mol. The van der Waals surface area contributed by atoms with Crippen LogP contribution in [-0.4, -0.2) is 46.5 Å². The summed E-state index contributed by atoms with van der Waals surface area (Å²) in [7, 11) is 0. The lowest BCUT2D eigenvalue weighted by atomic mass is 10.1. The number of rotatable bonds is 2. The van der Waals surface area contributed by atoms with E-state index in [0.717, 1.165) is 19.3 Å². The lowest BCUT2D eigenvalue weighted by Gasteiger charge is -2.40. The van der Waals surface area contributed by atoms with Gasteiger partial charge in [0.25, 0.3) is 11.5 Å². The summed E-state index contributed by atoms with van der Waals surface area (Å²) in [4.78, 5) is 34.0. The second kappa shape index (κ2) is 6.01. The normalized spacial score (nSPS) is 18.3. The summed E-state index contributed by atoms with van der Waals surface area (Å²) in [5, 5.41) is 0. The summed E-state index contributed by atoms with van der Waals surface area (Å²) in [6.45, 7) is 4.22. The molecule has 1 aromatic heterocycles. The maximum absolute atomic E-state index is 12.5. The monoisotopic (exact) mass is 298 g/mol. The Kier molecular flexibility index (Phi) is 3.91. The van der Waals surface area contributed by atoms with E-state index in [1.54, 1.807) is 4.90 Å². The number of nitrogens with zero attached hydrogens (tertiary/aromatic N) is 3. The van der Waals surface area contributed by atoms with Gasteiger partial charge in [0, 0.05) is 37.6 Å². The number of benzene rings is 1. The van der Waals surface area contributed by atoms with Crippen molar-refractivity contribution in [2.24, 2.45) is 0 Å². The molecule has 0 spiro atoms. The molecule has 0 unspecified atom stereocenters. The predicted octanol–water partition coefficient (Wildman–Crippen LogP) is 1.12. The third kappa shape index (κ3) is 2.86. The molecule has 2 aromatic rings. The van der Waals surface area contributed by atoms with Crippen LogP contribution in [0.5, 0.6) is 0 Å². The maximum Gasteiger partial charge on any atom is 0.274 e. The van der Waals surface area contributed by atoms with Gasteiger partial charge in [-0.3, -0.25) is 9.59 Å². The highest BCUT2D eigenvalue weighted by molar-refractivity contribution is 5.92. The molecule has 1 aliphatic rings. The number of amides is 1. The van der Waals surface area contributed by atoms with Gasteiger partial charge < -0.3 is 14.8 Å². The number of carbonyl (C=O) groups is 1. The van der Waals surface area contributed by atoms with Crippen LogP contribution in [0.3, 0.4) is 0 Å². The van der Waals surface area contributed by atoms with Gasteiger partial charge in [-0.05, 0) is 19.1 Å². The van der Waals surface area contributed by atoms with Gasteiger partial charge in [-0.2, -0.15) is 0 Å². The van der Waals surface area contributed by atoms with Crippen molar-refractivity contribution < 1.29 is 4.79 Å². The summed E-state index contributed by atoms with van der Waals surface area (Å²) in [5.41, 5.74) is 1.14. The highest BCUT2D eigenvalue weighted by Gasteiger charge is 2.28. The second-order valence-electron chi connectivity index (χ2n) is 5.43. The van der Waals surface area contributed by atoms with Gasteiger partial charge in [-0.1, -0.05) is 18.2 Å². The standard InChI is InChI=1S/C16H18N4O2/c1-12-11-19(13-5-3-2-4-6-13)7-8-20(12)16(22)14-9-18-15(21)10-17-14/h2-6,9-10,12H,7-8,11H2,1H3,(H,18,21)/t12-/m1/s1. The quantitative estimate of drug-likeness (QED) is 0.902. The fraction of sp³-hybridized carbons (Fsp3) is 0.312. The third-order valence-corrected chi connectivity index (χ3v) is 3.90. The fourth-order valence-corrected chi connectivity index (χ4v) is 2.74. The van der Waals surface area contributed by atoms with Crippen LogP contribution in [0.2, 0.25) is 0 Å². The van der Waals surface area contributed by atoms with Crippen LogP contribution >= 0.6 is 0 Å². The van der Waals surface area contributed by atoms with Crippen LogP contribution in [-0.2, 0) is 0 Å². The van der Waals surface area contributed by atoms with Crippen LogP contribution in [0.1, 0.15) is 17.4 Å². The Balaban J connectivity index is 1.71. The minimum absolute atomic E-state index is 0.0789. The van der Waals surface area contributed by atoms with Crippen LogP contribution < -0.4 is 10.5 Å². The highest BCUT2D eigenvalue weighted by Crippen LogP contribution is 2.19. The van der Waals surface area contributed by atoms with E-state index in [9.17, 15) is 9.59 Å². The number of carbonyl (C=O) groups excluding carboxylic acids is 1. The first-order chi connectivity index (χ1) is 10.6. The van der Waals surface area contributed by atoms with E-state index < -0.39 is 0 Å². The van der Waals surface area contributed by atoms with Gasteiger partial charge in [0.05, 0.1) is 6.20 Å². The van der Waals surface area contributed by atoms with Crippen molar-refractivity contribution in [3.8, 4) is 0 Å². The molecule has 1 aliphatic heterocycles. The van der Waals surface area contributed by atoms with Crippen molar-refractivity contribution in [1.82, 2.24) is 14.9 Å². The Bertz CT molecular complexity index is 693. The van der Waals surface area contributed by atoms with Gasteiger partial charge in [-0.15, -0.1) is 0 Å². The van der Waals surface area contributed by atoms with Crippen molar-refractivity contribution in [3.63, 3.8) is 0 Å². The van der Waals surface area contributed by atoms with E-state index >= 15 is 0 Å². The Morgan fingerprint density at radius 1 is 1.27 bits per heavy atom. The molecule has 0 bridgehead atoms. The Labute approximate surface area is 128 Å².